The Morgan fingerprint density at radius 3 is 2.47 bits per heavy atom. The molecule has 8 nitrogen and oxygen atoms in total. The molecule has 3 N–H and O–H groups in total. The third-order valence-corrected chi connectivity index (χ3v) is 3.90. The molecule has 8 heteroatoms. The summed E-state index contributed by atoms with van der Waals surface area (Å²) in [4.78, 5) is 16.6. The normalized spacial score (nSPS) is 12.4. The molecule has 0 radical (unpaired) electrons. The highest BCUT2D eigenvalue weighted by molar-refractivity contribution is 5.80. The number of aromatic nitrogens is 1. The third-order valence-electron chi connectivity index (χ3n) is 3.90. The minimum atomic E-state index is -0.541. The summed E-state index contributed by atoms with van der Waals surface area (Å²) in [6.07, 6.45) is -0.452. The highest BCUT2D eigenvalue weighted by atomic mass is 16.6. The molecular weight excluding hydrogens is 382 g/mol. The van der Waals surface area contributed by atoms with Gasteiger partial charge in [-0.05, 0) is 41.5 Å². The number of alkyl carbamates (subject to hydrolysis) is 1. The van der Waals surface area contributed by atoms with Gasteiger partial charge in [0.05, 0.1) is 12.1 Å². The standard InChI is InChI=1S/C22H33N5O3/c1-7-23-19(25-15-22(5,6)26-20(28)29-21(2,3)4)24-14-17-13-18(30-27-17)16-11-9-8-10-12-16/h8-13H,7,14-15H2,1-6H3,(H,26,28)(H2,23,24,25). The van der Waals surface area contributed by atoms with Gasteiger partial charge in [0.25, 0.3) is 0 Å². The smallest absolute Gasteiger partial charge is 0.408 e. The van der Waals surface area contributed by atoms with E-state index < -0.39 is 17.2 Å². The Balaban J connectivity index is 1.94. The SMILES string of the molecule is CCNC(=NCc1cc(-c2ccccc2)on1)NCC(C)(C)NC(=O)OC(C)(C)C. The van der Waals surface area contributed by atoms with Crippen LogP contribution < -0.4 is 16.0 Å². The Labute approximate surface area is 178 Å². The zero-order valence-corrected chi connectivity index (χ0v) is 18.7. The summed E-state index contributed by atoms with van der Waals surface area (Å²) in [7, 11) is 0. The van der Waals surface area contributed by atoms with Gasteiger partial charge >= 0.3 is 6.09 Å². The van der Waals surface area contributed by atoms with E-state index in [1.807, 2.05) is 77.9 Å². The Hall–Kier alpha value is -3.03. The number of hydrogen-bond acceptors (Lipinski definition) is 5. The number of amides is 1. The summed E-state index contributed by atoms with van der Waals surface area (Å²) in [5.41, 5.74) is 0.630. The molecule has 0 saturated heterocycles. The highest BCUT2D eigenvalue weighted by Gasteiger charge is 2.24. The van der Waals surface area contributed by atoms with Crippen LogP contribution in [0.4, 0.5) is 4.79 Å². The molecule has 1 aromatic heterocycles. The van der Waals surface area contributed by atoms with E-state index in [0.717, 1.165) is 11.3 Å². The number of guanidine groups is 1. The molecule has 1 amide bonds. The average Bonchev–Trinajstić information content (AvgIpc) is 3.12. The lowest BCUT2D eigenvalue weighted by Crippen LogP contribution is -2.54. The Bertz CT molecular complexity index is 838. The third kappa shape index (κ3) is 8.14. The predicted octanol–water partition coefficient (Wildman–Crippen LogP) is 3.70. The van der Waals surface area contributed by atoms with Crippen LogP contribution in [0.25, 0.3) is 11.3 Å². The molecule has 0 atom stereocenters. The second-order valence-corrected chi connectivity index (χ2v) is 8.61. The van der Waals surface area contributed by atoms with Crippen LogP contribution in [0.2, 0.25) is 0 Å². The number of aliphatic imine (C=N–C) groups is 1. The van der Waals surface area contributed by atoms with E-state index in [-0.39, 0.29) is 0 Å². The van der Waals surface area contributed by atoms with E-state index in [1.54, 1.807) is 0 Å². The number of hydrogen-bond donors (Lipinski definition) is 3. The monoisotopic (exact) mass is 415 g/mol. The van der Waals surface area contributed by atoms with E-state index in [1.165, 1.54) is 0 Å². The van der Waals surface area contributed by atoms with Gasteiger partial charge in [-0.3, -0.25) is 0 Å². The molecule has 0 aliphatic heterocycles. The van der Waals surface area contributed by atoms with E-state index in [2.05, 4.69) is 26.1 Å². The van der Waals surface area contributed by atoms with Crippen LogP contribution >= 0.6 is 0 Å². The summed E-state index contributed by atoms with van der Waals surface area (Å²) in [6.45, 7) is 12.9. The van der Waals surface area contributed by atoms with Crippen LogP contribution in [0, 0.1) is 0 Å². The van der Waals surface area contributed by atoms with Crippen LogP contribution in [0.15, 0.2) is 45.9 Å². The molecule has 0 saturated carbocycles. The molecule has 0 bridgehead atoms. The van der Waals surface area contributed by atoms with E-state index >= 15 is 0 Å². The van der Waals surface area contributed by atoms with Crippen molar-refractivity contribution in [2.75, 3.05) is 13.1 Å². The maximum Gasteiger partial charge on any atom is 0.408 e. The fraction of sp³-hybridized carbons (Fsp3) is 0.500. The molecule has 0 fully saturated rings. The highest BCUT2D eigenvalue weighted by Crippen LogP contribution is 2.19. The molecule has 1 aromatic carbocycles. The maximum atomic E-state index is 12.0. The van der Waals surface area contributed by atoms with Crippen LogP contribution in [-0.2, 0) is 11.3 Å². The van der Waals surface area contributed by atoms with Gasteiger partial charge in [-0.1, -0.05) is 35.5 Å². The fourth-order valence-electron chi connectivity index (χ4n) is 2.56. The lowest BCUT2D eigenvalue weighted by molar-refractivity contribution is 0.0474. The molecule has 0 unspecified atom stereocenters. The predicted molar refractivity (Wildman–Crippen MR) is 118 cm³/mol. The molecular formula is C22H33N5O3. The van der Waals surface area contributed by atoms with Crippen molar-refractivity contribution in [3.8, 4) is 11.3 Å². The first kappa shape index (κ1) is 23.3. The summed E-state index contributed by atoms with van der Waals surface area (Å²) in [5.74, 6) is 1.34. The quantitative estimate of drug-likeness (QED) is 0.471. The first-order valence-electron chi connectivity index (χ1n) is 10.1. The number of nitrogens with one attached hydrogen (secondary N) is 3. The summed E-state index contributed by atoms with van der Waals surface area (Å²) >= 11 is 0. The van der Waals surface area contributed by atoms with Crippen LogP contribution in [-0.4, -0.2) is 41.4 Å². The van der Waals surface area contributed by atoms with Gasteiger partial charge in [0.2, 0.25) is 0 Å². The average molecular weight is 416 g/mol. The van der Waals surface area contributed by atoms with Gasteiger partial charge in [0, 0.05) is 24.7 Å². The molecule has 164 valence electrons. The number of carbonyl (C=O) groups is 1. The summed E-state index contributed by atoms with van der Waals surface area (Å²) in [6, 6.07) is 11.7. The lowest BCUT2D eigenvalue weighted by Gasteiger charge is -2.29. The van der Waals surface area contributed by atoms with Crippen molar-refractivity contribution >= 4 is 12.1 Å². The first-order chi connectivity index (χ1) is 14.1. The lowest BCUT2D eigenvalue weighted by atomic mass is 10.1. The number of rotatable bonds is 7. The minimum absolute atomic E-state index is 0.367. The van der Waals surface area contributed by atoms with Gasteiger partial charge in [-0.25, -0.2) is 9.79 Å². The van der Waals surface area contributed by atoms with Crippen molar-refractivity contribution in [2.45, 2.75) is 59.2 Å². The second-order valence-electron chi connectivity index (χ2n) is 8.61. The van der Waals surface area contributed by atoms with Crippen molar-refractivity contribution in [1.82, 2.24) is 21.1 Å². The first-order valence-corrected chi connectivity index (χ1v) is 10.1. The number of nitrogens with zero attached hydrogens (tertiary/aromatic N) is 2. The molecule has 2 aromatic rings. The zero-order chi connectivity index (χ0) is 22.2. The Kier molecular flexibility index (Phi) is 7.86. The molecule has 0 aliphatic carbocycles. The topological polar surface area (TPSA) is 101 Å². The molecule has 30 heavy (non-hydrogen) atoms. The molecule has 1 heterocycles. The van der Waals surface area contributed by atoms with Crippen molar-refractivity contribution in [1.29, 1.82) is 0 Å². The van der Waals surface area contributed by atoms with Crippen LogP contribution in [0.5, 0.6) is 0 Å². The molecule has 0 spiro atoms. The second kappa shape index (κ2) is 10.1. The van der Waals surface area contributed by atoms with Gasteiger partial charge in [-0.15, -0.1) is 0 Å². The van der Waals surface area contributed by atoms with Gasteiger partial charge in [0.1, 0.15) is 11.3 Å². The van der Waals surface area contributed by atoms with Crippen LogP contribution in [0.1, 0.15) is 47.2 Å². The number of carbonyl (C=O) groups excluding carboxylic acids is 1. The summed E-state index contributed by atoms with van der Waals surface area (Å²) in [5, 5.41) is 13.4. The van der Waals surface area contributed by atoms with Crippen molar-refractivity contribution < 1.29 is 14.1 Å². The number of ether oxygens (including phenoxy) is 1. The Morgan fingerprint density at radius 1 is 1.13 bits per heavy atom. The van der Waals surface area contributed by atoms with Gasteiger partial charge < -0.3 is 25.2 Å². The van der Waals surface area contributed by atoms with E-state index in [9.17, 15) is 4.79 Å². The van der Waals surface area contributed by atoms with Gasteiger partial charge in [0.15, 0.2) is 11.7 Å². The maximum absolute atomic E-state index is 12.0. The van der Waals surface area contributed by atoms with E-state index in [0.29, 0.717) is 31.4 Å². The van der Waals surface area contributed by atoms with E-state index in [4.69, 9.17) is 9.26 Å². The number of benzene rings is 1. The van der Waals surface area contributed by atoms with Crippen molar-refractivity contribution in [2.24, 2.45) is 4.99 Å². The molecule has 0 aliphatic rings. The van der Waals surface area contributed by atoms with Crippen LogP contribution in [0.3, 0.4) is 0 Å². The Morgan fingerprint density at radius 2 is 1.83 bits per heavy atom. The summed E-state index contributed by atoms with van der Waals surface area (Å²) < 4.78 is 10.7. The zero-order valence-electron chi connectivity index (χ0n) is 18.7. The van der Waals surface area contributed by atoms with Crippen molar-refractivity contribution in [3.63, 3.8) is 0 Å². The molecule has 2 rings (SSSR count). The van der Waals surface area contributed by atoms with Crippen molar-refractivity contribution in [3.05, 3.63) is 42.1 Å². The van der Waals surface area contributed by atoms with Gasteiger partial charge in [-0.2, -0.15) is 0 Å². The largest absolute Gasteiger partial charge is 0.444 e. The minimum Gasteiger partial charge on any atom is -0.444 e. The fourth-order valence-corrected chi connectivity index (χ4v) is 2.56.